The molecule has 0 aliphatic carbocycles. The van der Waals surface area contributed by atoms with Crippen LogP contribution in [-0.2, 0) is 9.53 Å². The summed E-state index contributed by atoms with van der Waals surface area (Å²) in [6, 6.07) is 7.74. The van der Waals surface area contributed by atoms with Crippen molar-refractivity contribution in [2.45, 2.75) is 27.0 Å². The molecular formula is C13H16N2O2. The molecule has 0 aliphatic rings. The molecule has 0 saturated carbocycles. The number of hydrogen-bond donors (Lipinski definition) is 1. The lowest BCUT2D eigenvalue weighted by Gasteiger charge is -2.17. The zero-order chi connectivity index (χ0) is 12.6. The number of benzene rings is 1. The third-order valence-corrected chi connectivity index (χ3v) is 2.81. The van der Waals surface area contributed by atoms with E-state index >= 15 is 0 Å². The minimum atomic E-state index is -0.327. The van der Waals surface area contributed by atoms with Crippen LogP contribution < -0.4 is 5.73 Å². The number of aromatic nitrogens is 1. The number of aryl methyl sites for hydroxylation is 1. The molecule has 2 aromatic rings. The molecule has 1 heterocycles. The molecule has 1 unspecified atom stereocenters. The summed E-state index contributed by atoms with van der Waals surface area (Å²) < 4.78 is 7.17. The topological polar surface area (TPSA) is 57.2 Å². The smallest absolute Gasteiger partial charge is 0.304 e. The van der Waals surface area contributed by atoms with Crippen molar-refractivity contribution in [1.82, 2.24) is 4.57 Å². The van der Waals surface area contributed by atoms with Crippen LogP contribution in [-0.4, -0.2) is 10.5 Å². The van der Waals surface area contributed by atoms with E-state index in [0.29, 0.717) is 0 Å². The molecule has 0 amide bonds. The van der Waals surface area contributed by atoms with Crippen LogP contribution in [0.1, 0.15) is 25.8 Å². The molecule has 0 spiro atoms. The molecule has 0 bridgehead atoms. The van der Waals surface area contributed by atoms with Crippen molar-refractivity contribution in [2.75, 3.05) is 5.73 Å². The van der Waals surface area contributed by atoms with Crippen LogP contribution in [0, 0.1) is 6.92 Å². The van der Waals surface area contributed by atoms with Crippen LogP contribution in [0.15, 0.2) is 24.3 Å². The Bertz CT molecular complexity index is 572. The number of anilines is 1. The van der Waals surface area contributed by atoms with Gasteiger partial charge in [0, 0.05) is 23.7 Å². The number of nitrogens with two attached hydrogens (primary N) is 1. The molecular weight excluding hydrogens is 216 g/mol. The summed E-state index contributed by atoms with van der Waals surface area (Å²) in [4.78, 5) is 11.0. The Hall–Kier alpha value is -1.97. The summed E-state index contributed by atoms with van der Waals surface area (Å²) >= 11 is 0. The Balaban J connectivity index is 2.57. The van der Waals surface area contributed by atoms with Gasteiger partial charge in [-0.1, -0.05) is 6.07 Å². The average molecular weight is 232 g/mol. The Labute approximate surface area is 100.0 Å². The largest absolute Gasteiger partial charge is 0.442 e. The van der Waals surface area contributed by atoms with Gasteiger partial charge in [-0.25, -0.2) is 0 Å². The molecule has 2 N–H and O–H groups in total. The molecule has 2 rings (SSSR count). The van der Waals surface area contributed by atoms with Gasteiger partial charge in [0.2, 0.25) is 0 Å². The Morgan fingerprint density at radius 3 is 2.82 bits per heavy atom. The van der Waals surface area contributed by atoms with Crippen LogP contribution in [0.25, 0.3) is 10.9 Å². The van der Waals surface area contributed by atoms with Gasteiger partial charge in [0.15, 0.2) is 6.23 Å². The maximum Gasteiger partial charge on any atom is 0.304 e. The fraction of sp³-hybridized carbons (Fsp3) is 0.308. The highest BCUT2D eigenvalue weighted by atomic mass is 16.6. The predicted octanol–water partition coefficient (Wildman–Crippen LogP) is 2.61. The number of esters is 1. The second-order valence-corrected chi connectivity index (χ2v) is 4.14. The normalized spacial score (nSPS) is 12.6. The molecule has 0 radical (unpaired) electrons. The highest BCUT2D eigenvalue weighted by molar-refractivity contribution is 5.92. The minimum Gasteiger partial charge on any atom is -0.442 e. The van der Waals surface area contributed by atoms with E-state index in [1.807, 2.05) is 42.7 Å². The standard InChI is InChI=1S/C13H16N2O2/c1-8-7-11-12(14)5-4-6-13(11)15(8)9(2)17-10(3)16/h4-7,9H,14H2,1-3H3. The van der Waals surface area contributed by atoms with Gasteiger partial charge in [-0.2, -0.15) is 0 Å². The molecule has 1 aromatic heterocycles. The van der Waals surface area contributed by atoms with Crippen LogP contribution in [0.2, 0.25) is 0 Å². The van der Waals surface area contributed by atoms with Crippen LogP contribution in [0.5, 0.6) is 0 Å². The van der Waals surface area contributed by atoms with Gasteiger partial charge in [-0.05, 0) is 32.0 Å². The van der Waals surface area contributed by atoms with Gasteiger partial charge in [0.05, 0.1) is 5.52 Å². The van der Waals surface area contributed by atoms with Crippen molar-refractivity contribution in [3.05, 3.63) is 30.0 Å². The van der Waals surface area contributed by atoms with Crippen molar-refractivity contribution < 1.29 is 9.53 Å². The van der Waals surface area contributed by atoms with E-state index in [1.165, 1.54) is 6.92 Å². The number of carbonyl (C=O) groups excluding carboxylic acids is 1. The molecule has 0 saturated heterocycles. The van der Waals surface area contributed by atoms with E-state index in [-0.39, 0.29) is 12.2 Å². The van der Waals surface area contributed by atoms with E-state index in [4.69, 9.17) is 10.5 Å². The fourth-order valence-corrected chi connectivity index (χ4v) is 2.18. The van der Waals surface area contributed by atoms with Crippen molar-refractivity contribution >= 4 is 22.6 Å². The summed E-state index contributed by atoms with van der Waals surface area (Å²) in [7, 11) is 0. The molecule has 4 heteroatoms. The number of rotatable bonds is 2. The Morgan fingerprint density at radius 2 is 2.18 bits per heavy atom. The Morgan fingerprint density at radius 1 is 1.47 bits per heavy atom. The summed E-state index contributed by atoms with van der Waals surface area (Å²) in [6.45, 7) is 5.22. The van der Waals surface area contributed by atoms with Gasteiger partial charge in [-0.15, -0.1) is 0 Å². The molecule has 0 fully saturated rings. The van der Waals surface area contributed by atoms with Gasteiger partial charge in [-0.3, -0.25) is 4.79 Å². The molecule has 0 aliphatic heterocycles. The molecule has 90 valence electrons. The fourth-order valence-electron chi connectivity index (χ4n) is 2.18. The van der Waals surface area contributed by atoms with Gasteiger partial charge >= 0.3 is 5.97 Å². The summed E-state index contributed by atoms with van der Waals surface area (Å²) in [5.41, 5.74) is 8.66. The summed E-state index contributed by atoms with van der Waals surface area (Å²) in [6.07, 6.45) is -0.327. The first-order chi connectivity index (χ1) is 8.00. The van der Waals surface area contributed by atoms with Crippen molar-refractivity contribution in [1.29, 1.82) is 0 Å². The van der Waals surface area contributed by atoms with Crippen molar-refractivity contribution in [3.8, 4) is 0 Å². The van der Waals surface area contributed by atoms with Crippen molar-refractivity contribution in [2.24, 2.45) is 0 Å². The van der Waals surface area contributed by atoms with E-state index in [0.717, 1.165) is 22.3 Å². The number of carbonyl (C=O) groups is 1. The monoisotopic (exact) mass is 232 g/mol. The zero-order valence-electron chi connectivity index (χ0n) is 10.2. The summed E-state index contributed by atoms with van der Waals surface area (Å²) in [5.74, 6) is -0.289. The highest BCUT2D eigenvalue weighted by Gasteiger charge is 2.14. The highest BCUT2D eigenvalue weighted by Crippen LogP contribution is 2.28. The number of hydrogen-bond acceptors (Lipinski definition) is 3. The van der Waals surface area contributed by atoms with E-state index in [1.54, 1.807) is 0 Å². The number of fused-ring (bicyclic) bond motifs is 1. The number of nitrogen functional groups attached to an aromatic ring is 1. The van der Waals surface area contributed by atoms with Crippen LogP contribution in [0.4, 0.5) is 5.69 Å². The molecule has 17 heavy (non-hydrogen) atoms. The molecule has 4 nitrogen and oxygen atoms in total. The van der Waals surface area contributed by atoms with E-state index in [9.17, 15) is 4.79 Å². The van der Waals surface area contributed by atoms with E-state index in [2.05, 4.69) is 0 Å². The van der Waals surface area contributed by atoms with E-state index < -0.39 is 0 Å². The van der Waals surface area contributed by atoms with Crippen LogP contribution in [0.3, 0.4) is 0 Å². The number of ether oxygens (including phenoxy) is 1. The lowest BCUT2D eigenvalue weighted by atomic mass is 10.2. The second-order valence-electron chi connectivity index (χ2n) is 4.14. The maximum absolute atomic E-state index is 11.0. The summed E-state index contributed by atoms with van der Waals surface area (Å²) in [5, 5.41) is 0.990. The van der Waals surface area contributed by atoms with Gasteiger partial charge in [0.1, 0.15) is 0 Å². The number of nitrogens with zero attached hydrogens (tertiary/aromatic N) is 1. The quantitative estimate of drug-likeness (QED) is 0.639. The Kier molecular flexibility index (Phi) is 2.79. The minimum absolute atomic E-state index is 0.289. The predicted molar refractivity (Wildman–Crippen MR) is 67.6 cm³/mol. The molecule has 1 aromatic carbocycles. The zero-order valence-corrected chi connectivity index (χ0v) is 10.2. The van der Waals surface area contributed by atoms with Crippen molar-refractivity contribution in [3.63, 3.8) is 0 Å². The van der Waals surface area contributed by atoms with Crippen LogP contribution >= 0.6 is 0 Å². The average Bonchev–Trinajstić information content (AvgIpc) is 2.55. The SMILES string of the molecule is CC(=O)OC(C)n1c(C)cc2c(N)cccc21. The third-order valence-electron chi connectivity index (χ3n) is 2.81. The lowest BCUT2D eigenvalue weighted by Crippen LogP contribution is -2.13. The molecule has 1 atom stereocenters. The first-order valence-corrected chi connectivity index (χ1v) is 5.54. The maximum atomic E-state index is 11.0. The third kappa shape index (κ3) is 1.98. The van der Waals surface area contributed by atoms with Gasteiger partial charge in [0.25, 0.3) is 0 Å². The van der Waals surface area contributed by atoms with Gasteiger partial charge < -0.3 is 15.0 Å². The first-order valence-electron chi connectivity index (χ1n) is 5.54. The first kappa shape index (κ1) is 11.5. The second kappa shape index (κ2) is 4.13. The lowest BCUT2D eigenvalue weighted by molar-refractivity contribution is -0.149.